The van der Waals surface area contributed by atoms with Gasteiger partial charge in [-0.05, 0) is 12.8 Å². The third-order valence-electron chi connectivity index (χ3n) is 1.72. The van der Waals surface area contributed by atoms with Gasteiger partial charge in [-0.15, -0.1) is 0 Å². The van der Waals surface area contributed by atoms with Gasteiger partial charge in [0.2, 0.25) is 6.29 Å². The lowest BCUT2D eigenvalue weighted by atomic mass is 10.2. The van der Waals surface area contributed by atoms with Crippen LogP contribution in [0.4, 0.5) is 0 Å². The van der Waals surface area contributed by atoms with Gasteiger partial charge in [0.25, 0.3) is 0 Å². The normalized spacial score (nSPS) is 13.0. The maximum Gasteiger partial charge on any atom is 0.332 e. The SMILES string of the molecule is O=C(/C=C/CO)OC(O)CCCCCO. The summed E-state index contributed by atoms with van der Waals surface area (Å²) in [4.78, 5) is 10.9. The summed E-state index contributed by atoms with van der Waals surface area (Å²) in [5, 5.41) is 26.1. The maximum atomic E-state index is 10.9. The highest BCUT2D eigenvalue weighted by Crippen LogP contribution is 2.04. The first kappa shape index (κ1) is 14.1. The van der Waals surface area contributed by atoms with Crippen molar-refractivity contribution in [2.24, 2.45) is 0 Å². The Balaban J connectivity index is 3.51. The third-order valence-corrected chi connectivity index (χ3v) is 1.72. The van der Waals surface area contributed by atoms with E-state index >= 15 is 0 Å². The predicted octanol–water partition coefficient (Wildman–Crippen LogP) is -0.0508. The molecule has 0 aromatic rings. The summed E-state index contributed by atoms with van der Waals surface area (Å²) >= 11 is 0. The van der Waals surface area contributed by atoms with Crippen LogP contribution in [0.25, 0.3) is 0 Å². The summed E-state index contributed by atoms with van der Waals surface area (Å²) in [6, 6.07) is 0. The molecule has 0 spiro atoms. The molecule has 15 heavy (non-hydrogen) atoms. The van der Waals surface area contributed by atoms with Crippen molar-refractivity contribution < 1.29 is 24.9 Å². The minimum absolute atomic E-state index is 0.134. The Kier molecular flexibility index (Phi) is 9.05. The fourth-order valence-electron chi connectivity index (χ4n) is 0.989. The molecule has 5 heteroatoms. The van der Waals surface area contributed by atoms with Crippen LogP contribution in [0.3, 0.4) is 0 Å². The summed E-state index contributed by atoms with van der Waals surface area (Å²) < 4.78 is 4.59. The molecule has 0 amide bonds. The first-order valence-electron chi connectivity index (χ1n) is 4.97. The Labute approximate surface area is 89.0 Å². The van der Waals surface area contributed by atoms with E-state index in [-0.39, 0.29) is 13.2 Å². The van der Waals surface area contributed by atoms with Crippen LogP contribution < -0.4 is 0 Å². The van der Waals surface area contributed by atoms with Gasteiger partial charge in [0.15, 0.2) is 0 Å². The van der Waals surface area contributed by atoms with Crippen molar-refractivity contribution in [1.82, 2.24) is 0 Å². The molecule has 0 fully saturated rings. The topological polar surface area (TPSA) is 87.0 Å². The first-order valence-corrected chi connectivity index (χ1v) is 4.97. The van der Waals surface area contributed by atoms with Crippen LogP contribution in [-0.2, 0) is 9.53 Å². The van der Waals surface area contributed by atoms with Crippen molar-refractivity contribution in [3.63, 3.8) is 0 Å². The number of esters is 1. The quantitative estimate of drug-likeness (QED) is 0.230. The van der Waals surface area contributed by atoms with E-state index in [1.54, 1.807) is 0 Å². The zero-order chi connectivity index (χ0) is 11.5. The van der Waals surface area contributed by atoms with Crippen LogP contribution >= 0.6 is 0 Å². The molecule has 0 aromatic carbocycles. The highest BCUT2D eigenvalue weighted by atomic mass is 16.6. The van der Waals surface area contributed by atoms with Crippen LogP contribution in [0.2, 0.25) is 0 Å². The number of aliphatic hydroxyl groups is 3. The number of carbonyl (C=O) groups is 1. The van der Waals surface area contributed by atoms with Gasteiger partial charge in [-0.1, -0.05) is 12.5 Å². The molecule has 0 saturated carbocycles. The summed E-state index contributed by atoms with van der Waals surface area (Å²) in [6.07, 6.45) is 3.72. The number of rotatable bonds is 8. The van der Waals surface area contributed by atoms with Crippen molar-refractivity contribution in [3.8, 4) is 0 Å². The second-order valence-electron chi connectivity index (χ2n) is 3.05. The average molecular weight is 218 g/mol. The molecule has 0 radical (unpaired) electrons. The van der Waals surface area contributed by atoms with Crippen LogP contribution in [-0.4, -0.2) is 40.8 Å². The van der Waals surface area contributed by atoms with Crippen LogP contribution in [0.5, 0.6) is 0 Å². The maximum absolute atomic E-state index is 10.9. The van der Waals surface area contributed by atoms with E-state index in [0.717, 1.165) is 12.5 Å². The van der Waals surface area contributed by atoms with Gasteiger partial charge in [-0.2, -0.15) is 0 Å². The van der Waals surface area contributed by atoms with E-state index in [1.165, 1.54) is 6.08 Å². The fourth-order valence-corrected chi connectivity index (χ4v) is 0.989. The van der Waals surface area contributed by atoms with Crippen molar-refractivity contribution in [2.75, 3.05) is 13.2 Å². The Hall–Kier alpha value is -0.910. The molecule has 3 N–H and O–H groups in total. The lowest BCUT2D eigenvalue weighted by molar-refractivity contribution is -0.162. The highest BCUT2D eigenvalue weighted by molar-refractivity contribution is 5.81. The summed E-state index contributed by atoms with van der Waals surface area (Å²) in [5.41, 5.74) is 0. The molecular weight excluding hydrogens is 200 g/mol. The number of unbranched alkanes of at least 4 members (excludes halogenated alkanes) is 2. The van der Waals surface area contributed by atoms with Gasteiger partial charge < -0.3 is 20.1 Å². The smallest absolute Gasteiger partial charge is 0.332 e. The van der Waals surface area contributed by atoms with E-state index in [4.69, 9.17) is 10.2 Å². The van der Waals surface area contributed by atoms with Gasteiger partial charge in [0, 0.05) is 19.1 Å². The summed E-state index contributed by atoms with van der Waals surface area (Å²) in [5.74, 6) is -0.668. The molecule has 5 nitrogen and oxygen atoms in total. The van der Waals surface area contributed by atoms with E-state index in [1.807, 2.05) is 0 Å². The molecule has 88 valence electrons. The lowest BCUT2D eigenvalue weighted by Crippen LogP contribution is -2.16. The Bertz CT molecular complexity index is 190. The number of carbonyl (C=O) groups excluding carboxylic acids is 1. The molecular formula is C10H18O5. The number of hydrogen-bond acceptors (Lipinski definition) is 5. The van der Waals surface area contributed by atoms with Crippen molar-refractivity contribution >= 4 is 5.97 Å². The van der Waals surface area contributed by atoms with E-state index < -0.39 is 12.3 Å². The third kappa shape index (κ3) is 9.40. The second kappa shape index (κ2) is 9.64. The van der Waals surface area contributed by atoms with Crippen LogP contribution in [0.15, 0.2) is 12.2 Å². The molecule has 0 rings (SSSR count). The summed E-state index contributed by atoms with van der Waals surface area (Å²) in [7, 11) is 0. The average Bonchev–Trinajstić information content (AvgIpc) is 2.21. The number of hydrogen-bond donors (Lipinski definition) is 3. The molecule has 0 aliphatic carbocycles. The molecule has 1 atom stereocenters. The minimum Gasteiger partial charge on any atom is -0.433 e. The fraction of sp³-hybridized carbons (Fsp3) is 0.700. The first-order chi connectivity index (χ1) is 7.20. The van der Waals surface area contributed by atoms with E-state index in [9.17, 15) is 9.90 Å². The van der Waals surface area contributed by atoms with Crippen molar-refractivity contribution in [2.45, 2.75) is 32.0 Å². The van der Waals surface area contributed by atoms with Gasteiger partial charge in [-0.3, -0.25) is 0 Å². The van der Waals surface area contributed by atoms with Crippen LogP contribution in [0.1, 0.15) is 25.7 Å². The number of ether oxygens (including phenoxy) is 1. The zero-order valence-corrected chi connectivity index (χ0v) is 8.63. The van der Waals surface area contributed by atoms with Crippen molar-refractivity contribution in [3.05, 3.63) is 12.2 Å². The Morgan fingerprint density at radius 3 is 2.60 bits per heavy atom. The molecule has 0 saturated heterocycles. The van der Waals surface area contributed by atoms with Gasteiger partial charge in [0.05, 0.1) is 6.61 Å². The second-order valence-corrected chi connectivity index (χ2v) is 3.05. The molecule has 0 aliphatic rings. The Morgan fingerprint density at radius 2 is 2.00 bits per heavy atom. The highest BCUT2D eigenvalue weighted by Gasteiger charge is 2.07. The van der Waals surface area contributed by atoms with E-state index in [0.29, 0.717) is 19.3 Å². The zero-order valence-electron chi connectivity index (χ0n) is 8.63. The lowest BCUT2D eigenvalue weighted by Gasteiger charge is -2.09. The minimum atomic E-state index is -1.11. The number of aliphatic hydroxyl groups excluding tert-OH is 3. The van der Waals surface area contributed by atoms with E-state index in [2.05, 4.69) is 4.74 Å². The standard InChI is InChI=1S/C10H18O5/c11-7-3-1-2-5-9(13)15-10(14)6-4-8-12/h4,6,9,11-13H,1-3,5,7-8H2/b6-4+. The monoisotopic (exact) mass is 218 g/mol. The molecule has 0 aromatic heterocycles. The predicted molar refractivity (Wildman–Crippen MR) is 53.9 cm³/mol. The molecule has 0 aliphatic heterocycles. The van der Waals surface area contributed by atoms with Crippen LogP contribution in [0, 0.1) is 0 Å². The van der Waals surface area contributed by atoms with Gasteiger partial charge in [-0.25, -0.2) is 4.79 Å². The molecule has 0 bridgehead atoms. The summed E-state index contributed by atoms with van der Waals surface area (Å²) in [6.45, 7) is -0.100. The molecule has 1 unspecified atom stereocenters. The largest absolute Gasteiger partial charge is 0.433 e. The van der Waals surface area contributed by atoms with Gasteiger partial charge >= 0.3 is 5.97 Å². The Morgan fingerprint density at radius 1 is 1.27 bits per heavy atom. The molecule has 0 heterocycles. The van der Waals surface area contributed by atoms with Crippen molar-refractivity contribution in [1.29, 1.82) is 0 Å². The van der Waals surface area contributed by atoms with Gasteiger partial charge in [0.1, 0.15) is 0 Å².